The van der Waals surface area contributed by atoms with Crippen LogP contribution in [0.4, 0.5) is 0 Å². The van der Waals surface area contributed by atoms with Crippen molar-refractivity contribution in [1.29, 1.82) is 0 Å². The zero-order valence-electron chi connectivity index (χ0n) is 12.0. The highest BCUT2D eigenvalue weighted by atomic mass is 32.2. The number of thioether (sulfide) groups is 1. The highest BCUT2D eigenvalue weighted by Crippen LogP contribution is 2.36. The van der Waals surface area contributed by atoms with Crippen LogP contribution in [0.3, 0.4) is 0 Å². The molecule has 0 bridgehead atoms. The van der Waals surface area contributed by atoms with E-state index in [2.05, 4.69) is 0 Å². The standard InChI is InChI=1S/C15H15NO4S2/c1-18-6-2-5-16-14(17)13(22-15(16)21)8-10-3-4-11-12(7-10)20-9-19-11/h3-4,7-8H,2,5-6,9H2,1H3. The molecule has 0 N–H and O–H groups in total. The number of thiocarbonyl (C=S) groups is 1. The molecule has 5 nitrogen and oxygen atoms in total. The van der Waals surface area contributed by atoms with Gasteiger partial charge in [0.2, 0.25) is 6.79 Å². The monoisotopic (exact) mass is 337 g/mol. The van der Waals surface area contributed by atoms with E-state index in [0.717, 1.165) is 17.7 Å². The maximum absolute atomic E-state index is 12.4. The van der Waals surface area contributed by atoms with Crippen molar-refractivity contribution < 1.29 is 19.0 Å². The zero-order valence-corrected chi connectivity index (χ0v) is 13.7. The highest BCUT2D eigenvalue weighted by molar-refractivity contribution is 8.26. The molecule has 1 fully saturated rings. The second kappa shape index (κ2) is 6.68. The van der Waals surface area contributed by atoms with E-state index in [9.17, 15) is 4.79 Å². The maximum atomic E-state index is 12.4. The van der Waals surface area contributed by atoms with Crippen molar-refractivity contribution in [1.82, 2.24) is 4.90 Å². The summed E-state index contributed by atoms with van der Waals surface area (Å²) in [4.78, 5) is 14.6. The molecule has 7 heteroatoms. The fraction of sp³-hybridized carbons (Fsp3) is 0.333. The van der Waals surface area contributed by atoms with Crippen LogP contribution in [0.1, 0.15) is 12.0 Å². The molecule has 0 aromatic heterocycles. The van der Waals surface area contributed by atoms with Crippen LogP contribution in [0.15, 0.2) is 23.1 Å². The summed E-state index contributed by atoms with van der Waals surface area (Å²) >= 11 is 6.61. The van der Waals surface area contributed by atoms with Crippen molar-refractivity contribution in [2.24, 2.45) is 0 Å². The van der Waals surface area contributed by atoms with Crippen LogP contribution in [0.25, 0.3) is 6.08 Å². The Bertz CT molecular complexity index is 644. The molecular weight excluding hydrogens is 322 g/mol. The normalized spacial score (nSPS) is 18.6. The zero-order chi connectivity index (χ0) is 15.5. The second-order valence-electron chi connectivity index (χ2n) is 4.79. The lowest BCUT2D eigenvalue weighted by molar-refractivity contribution is -0.122. The van der Waals surface area contributed by atoms with E-state index in [0.29, 0.717) is 28.1 Å². The van der Waals surface area contributed by atoms with Crippen molar-refractivity contribution in [3.63, 3.8) is 0 Å². The van der Waals surface area contributed by atoms with Gasteiger partial charge in [0.05, 0.1) is 4.91 Å². The molecule has 3 rings (SSSR count). The third kappa shape index (κ3) is 3.11. The van der Waals surface area contributed by atoms with E-state index in [1.165, 1.54) is 11.8 Å². The minimum atomic E-state index is -0.0521. The molecule has 0 spiro atoms. The molecule has 0 unspecified atom stereocenters. The Morgan fingerprint density at radius 1 is 1.41 bits per heavy atom. The third-order valence-corrected chi connectivity index (χ3v) is 4.68. The largest absolute Gasteiger partial charge is 0.454 e. The van der Waals surface area contributed by atoms with Crippen LogP contribution >= 0.6 is 24.0 Å². The van der Waals surface area contributed by atoms with Crippen LogP contribution < -0.4 is 9.47 Å². The molecule has 1 saturated heterocycles. The van der Waals surface area contributed by atoms with Gasteiger partial charge in [0, 0.05) is 20.3 Å². The molecule has 2 aliphatic heterocycles. The minimum absolute atomic E-state index is 0.0521. The van der Waals surface area contributed by atoms with E-state index >= 15 is 0 Å². The summed E-state index contributed by atoms with van der Waals surface area (Å²) in [6.45, 7) is 1.43. The van der Waals surface area contributed by atoms with E-state index in [-0.39, 0.29) is 12.7 Å². The van der Waals surface area contributed by atoms with Gasteiger partial charge in [-0.05, 0) is 30.2 Å². The number of fused-ring (bicyclic) bond motifs is 1. The molecule has 1 aromatic carbocycles. The molecule has 0 atom stereocenters. The van der Waals surface area contributed by atoms with Gasteiger partial charge >= 0.3 is 0 Å². The molecule has 0 aliphatic carbocycles. The van der Waals surface area contributed by atoms with Gasteiger partial charge in [-0.2, -0.15) is 0 Å². The van der Waals surface area contributed by atoms with E-state index in [1.54, 1.807) is 12.0 Å². The summed E-state index contributed by atoms with van der Waals surface area (Å²) in [7, 11) is 1.64. The quantitative estimate of drug-likeness (QED) is 0.468. The summed E-state index contributed by atoms with van der Waals surface area (Å²) < 4.78 is 16.2. The molecule has 2 heterocycles. The average molecular weight is 337 g/mol. The van der Waals surface area contributed by atoms with E-state index in [1.807, 2.05) is 24.3 Å². The molecule has 2 aliphatic rings. The lowest BCUT2D eigenvalue weighted by Crippen LogP contribution is -2.29. The number of carbonyl (C=O) groups excluding carboxylic acids is 1. The van der Waals surface area contributed by atoms with Crippen LogP contribution in [-0.4, -0.2) is 42.2 Å². The van der Waals surface area contributed by atoms with E-state index < -0.39 is 0 Å². The van der Waals surface area contributed by atoms with Crippen molar-refractivity contribution in [2.75, 3.05) is 27.1 Å². The Labute approximate surface area is 138 Å². The van der Waals surface area contributed by atoms with Crippen LogP contribution in [0.5, 0.6) is 11.5 Å². The van der Waals surface area contributed by atoms with Crippen molar-refractivity contribution >= 4 is 40.3 Å². The summed E-state index contributed by atoms with van der Waals surface area (Å²) in [5, 5.41) is 0. The van der Waals surface area contributed by atoms with Gasteiger partial charge in [0.1, 0.15) is 4.32 Å². The first-order valence-corrected chi connectivity index (χ1v) is 8.05. The number of amides is 1. The molecule has 0 radical (unpaired) electrons. The summed E-state index contributed by atoms with van der Waals surface area (Å²) in [6.07, 6.45) is 2.60. The van der Waals surface area contributed by atoms with Crippen molar-refractivity contribution in [2.45, 2.75) is 6.42 Å². The SMILES string of the molecule is COCCCN1C(=O)C(=Cc2ccc3c(c2)OCO3)SC1=S. The molecule has 0 saturated carbocycles. The average Bonchev–Trinajstić information content (AvgIpc) is 3.07. The number of hydrogen-bond acceptors (Lipinski definition) is 6. The Morgan fingerprint density at radius 3 is 3.05 bits per heavy atom. The Morgan fingerprint density at radius 2 is 2.23 bits per heavy atom. The second-order valence-corrected chi connectivity index (χ2v) is 6.47. The molecule has 22 heavy (non-hydrogen) atoms. The van der Waals surface area contributed by atoms with Gasteiger partial charge in [-0.1, -0.05) is 30.0 Å². The lowest BCUT2D eigenvalue weighted by atomic mass is 10.2. The predicted octanol–water partition coefficient (Wildman–Crippen LogP) is 2.65. The molecular formula is C15H15NO4S2. The van der Waals surface area contributed by atoms with Crippen LogP contribution in [0, 0.1) is 0 Å². The number of carbonyl (C=O) groups is 1. The van der Waals surface area contributed by atoms with Crippen molar-refractivity contribution in [3.8, 4) is 11.5 Å². The van der Waals surface area contributed by atoms with E-state index in [4.69, 9.17) is 26.4 Å². The molecule has 116 valence electrons. The number of methoxy groups -OCH3 is 1. The first-order valence-electron chi connectivity index (χ1n) is 6.83. The van der Waals surface area contributed by atoms with Gasteiger partial charge in [-0.15, -0.1) is 0 Å². The summed E-state index contributed by atoms with van der Waals surface area (Å²) in [6, 6.07) is 5.60. The summed E-state index contributed by atoms with van der Waals surface area (Å²) in [5.74, 6) is 1.37. The van der Waals surface area contributed by atoms with Gasteiger partial charge in [-0.3, -0.25) is 9.69 Å². The first-order chi connectivity index (χ1) is 10.7. The Hall–Kier alpha value is -1.57. The van der Waals surface area contributed by atoms with Gasteiger partial charge in [0.25, 0.3) is 5.91 Å². The fourth-order valence-electron chi connectivity index (χ4n) is 2.21. The number of hydrogen-bond donors (Lipinski definition) is 0. The fourth-order valence-corrected chi connectivity index (χ4v) is 3.52. The van der Waals surface area contributed by atoms with Gasteiger partial charge in [0.15, 0.2) is 11.5 Å². The molecule has 1 amide bonds. The topological polar surface area (TPSA) is 48.0 Å². The Balaban J connectivity index is 1.74. The number of nitrogens with zero attached hydrogens (tertiary/aromatic N) is 1. The van der Waals surface area contributed by atoms with Crippen molar-refractivity contribution in [3.05, 3.63) is 28.7 Å². The predicted molar refractivity (Wildman–Crippen MR) is 88.9 cm³/mol. The third-order valence-electron chi connectivity index (χ3n) is 3.30. The van der Waals surface area contributed by atoms with Gasteiger partial charge in [-0.25, -0.2) is 0 Å². The molecule has 1 aromatic rings. The number of rotatable bonds is 5. The number of benzene rings is 1. The lowest BCUT2D eigenvalue weighted by Gasteiger charge is -2.13. The van der Waals surface area contributed by atoms with Crippen LogP contribution in [-0.2, 0) is 9.53 Å². The maximum Gasteiger partial charge on any atom is 0.266 e. The summed E-state index contributed by atoms with van der Waals surface area (Å²) in [5.41, 5.74) is 0.890. The van der Waals surface area contributed by atoms with Crippen LogP contribution in [0.2, 0.25) is 0 Å². The smallest absolute Gasteiger partial charge is 0.266 e. The first kappa shape index (κ1) is 15.3. The van der Waals surface area contributed by atoms with Gasteiger partial charge < -0.3 is 14.2 Å². The highest BCUT2D eigenvalue weighted by Gasteiger charge is 2.31. The number of ether oxygens (including phenoxy) is 3. The minimum Gasteiger partial charge on any atom is -0.454 e. The Kier molecular flexibility index (Phi) is 4.66.